The minimum Gasteiger partial charge on any atom is -0.458 e. The van der Waals surface area contributed by atoms with Crippen molar-refractivity contribution in [2.24, 2.45) is 11.8 Å². The number of amides is 2. The zero-order valence-corrected chi connectivity index (χ0v) is 17.2. The molecule has 0 unspecified atom stereocenters. The molecule has 0 aliphatic carbocycles. The molecule has 146 valence electrons. The number of carbonyl (C=O) groups is 3. The molecule has 0 bridgehead atoms. The van der Waals surface area contributed by atoms with E-state index in [1.807, 2.05) is 27.7 Å². The van der Waals surface area contributed by atoms with Crippen LogP contribution in [0.25, 0.3) is 0 Å². The molecule has 0 aromatic rings. The van der Waals surface area contributed by atoms with Gasteiger partial charge in [-0.15, -0.1) is 11.6 Å². The molecule has 25 heavy (non-hydrogen) atoms. The van der Waals surface area contributed by atoms with Crippen molar-refractivity contribution in [1.29, 1.82) is 0 Å². The maximum Gasteiger partial charge on any atom is 0.329 e. The summed E-state index contributed by atoms with van der Waals surface area (Å²) >= 11 is 5.52. The van der Waals surface area contributed by atoms with Gasteiger partial charge in [0.15, 0.2) is 0 Å². The summed E-state index contributed by atoms with van der Waals surface area (Å²) in [6.07, 6.45) is 0.912. The van der Waals surface area contributed by atoms with Gasteiger partial charge in [0.05, 0.1) is 0 Å². The Balaban J connectivity index is 5.16. The Morgan fingerprint density at radius 1 is 0.920 bits per heavy atom. The summed E-state index contributed by atoms with van der Waals surface area (Å²) in [6.45, 7) is 13.2. The second kappa shape index (κ2) is 10.6. The third-order valence-electron chi connectivity index (χ3n) is 3.20. The molecule has 2 amide bonds. The Morgan fingerprint density at radius 2 is 1.40 bits per heavy atom. The molecule has 0 saturated heterocycles. The third kappa shape index (κ3) is 11.0. The maximum absolute atomic E-state index is 12.6. The lowest BCUT2D eigenvalue weighted by atomic mass is 10.0. The molecule has 0 fully saturated rings. The molecule has 0 aliphatic heterocycles. The van der Waals surface area contributed by atoms with Crippen LogP contribution in [0.3, 0.4) is 0 Å². The summed E-state index contributed by atoms with van der Waals surface area (Å²) in [7, 11) is 0. The molecule has 0 saturated carbocycles. The van der Waals surface area contributed by atoms with E-state index in [4.69, 9.17) is 16.3 Å². The van der Waals surface area contributed by atoms with E-state index in [-0.39, 0.29) is 17.7 Å². The van der Waals surface area contributed by atoms with E-state index in [0.717, 1.165) is 0 Å². The van der Waals surface area contributed by atoms with E-state index < -0.39 is 35.5 Å². The standard InChI is InChI=1S/C18H33ClN2O4/c1-11(2)8-13(20-15(22)10-19)16(23)21-14(9-12(3)4)17(24)25-18(5,6)7/h11-14H,8-10H2,1-7H3,(H,20,22)(H,21,23)/t13-,14-/m0/s1. The first-order chi connectivity index (χ1) is 11.4. The van der Waals surface area contributed by atoms with Gasteiger partial charge >= 0.3 is 5.97 Å². The third-order valence-corrected chi connectivity index (χ3v) is 3.44. The minimum absolute atomic E-state index is 0.191. The van der Waals surface area contributed by atoms with E-state index in [2.05, 4.69) is 10.6 Å². The predicted molar refractivity (Wildman–Crippen MR) is 99.3 cm³/mol. The van der Waals surface area contributed by atoms with Crippen LogP contribution in [0.15, 0.2) is 0 Å². The van der Waals surface area contributed by atoms with Gasteiger partial charge in [0.25, 0.3) is 0 Å². The number of hydrogen-bond donors (Lipinski definition) is 2. The van der Waals surface area contributed by atoms with Gasteiger partial charge in [-0.1, -0.05) is 27.7 Å². The summed E-state index contributed by atoms with van der Waals surface area (Å²) in [5, 5.41) is 5.34. The van der Waals surface area contributed by atoms with Crippen LogP contribution in [-0.2, 0) is 19.1 Å². The van der Waals surface area contributed by atoms with Gasteiger partial charge in [0.2, 0.25) is 11.8 Å². The van der Waals surface area contributed by atoms with Crippen LogP contribution in [0.5, 0.6) is 0 Å². The summed E-state index contributed by atoms with van der Waals surface area (Å²) in [5.74, 6) is -1.12. The van der Waals surface area contributed by atoms with Crippen molar-refractivity contribution in [3.63, 3.8) is 0 Å². The van der Waals surface area contributed by atoms with Gasteiger partial charge in [-0.3, -0.25) is 9.59 Å². The second-order valence-corrected chi connectivity index (χ2v) is 8.37. The van der Waals surface area contributed by atoms with Crippen LogP contribution < -0.4 is 10.6 Å². The minimum atomic E-state index is -0.755. The number of esters is 1. The van der Waals surface area contributed by atoms with E-state index in [0.29, 0.717) is 12.8 Å². The molecule has 0 aliphatic rings. The molecule has 0 aromatic carbocycles. The van der Waals surface area contributed by atoms with Crippen molar-refractivity contribution in [2.75, 3.05) is 5.88 Å². The Kier molecular flexibility index (Phi) is 10.1. The number of hydrogen-bond acceptors (Lipinski definition) is 4. The van der Waals surface area contributed by atoms with Crippen molar-refractivity contribution in [2.45, 2.75) is 79.0 Å². The first-order valence-corrected chi connectivity index (χ1v) is 9.27. The van der Waals surface area contributed by atoms with E-state index in [1.165, 1.54) is 0 Å². The Morgan fingerprint density at radius 3 is 1.80 bits per heavy atom. The Bertz CT molecular complexity index is 458. The number of halogens is 1. The Hall–Kier alpha value is -1.30. The van der Waals surface area contributed by atoms with Crippen molar-refractivity contribution < 1.29 is 19.1 Å². The van der Waals surface area contributed by atoms with Crippen LogP contribution in [0.2, 0.25) is 0 Å². The summed E-state index contributed by atoms with van der Waals surface area (Å²) < 4.78 is 5.40. The number of nitrogens with one attached hydrogen (secondary N) is 2. The van der Waals surface area contributed by atoms with Crippen LogP contribution >= 0.6 is 11.6 Å². The highest BCUT2D eigenvalue weighted by atomic mass is 35.5. The van der Waals surface area contributed by atoms with Gasteiger partial charge in [-0.05, 0) is 45.4 Å². The largest absolute Gasteiger partial charge is 0.458 e. The summed E-state index contributed by atoms with van der Waals surface area (Å²) in [4.78, 5) is 36.6. The fourth-order valence-corrected chi connectivity index (χ4v) is 2.34. The molecule has 7 heteroatoms. The molecule has 2 atom stereocenters. The van der Waals surface area contributed by atoms with E-state index in [9.17, 15) is 14.4 Å². The molecule has 0 radical (unpaired) electrons. The molecule has 6 nitrogen and oxygen atoms in total. The van der Waals surface area contributed by atoms with E-state index >= 15 is 0 Å². The highest BCUT2D eigenvalue weighted by Crippen LogP contribution is 2.14. The molecule has 0 rings (SSSR count). The normalized spacial score (nSPS) is 14.2. The lowest BCUT2D eigenvalue weighted by Crippen LogP contribution is -2.53. The molecule has 0 spiro atoms. The number of alkyl halides is 1. The zero-order valence-electron chi connectivity index (χ0n) is 16.4. The van der Waals surface area contributed by atoms with Crippen molar-refractivity contribution in [3.05, 3.63) is 0 Å². The fraction of sp³-hybridized carbons (Fsp3) is 0.833. The fourth-order valence-electron chi connectivity index (χ4n) is 2.27. The van der Waals surface area contributed by atoms with Crippen LogP contribution in [0.1, 0.15) is 61.3 Å². The quantitative estimate of drug-likeness (QED) is 0.478. The highest BCUT2D eigenvalue weighted by molar-refractivity contribution is 6.27. The topological polar surface area (TPSA) is 84.5 Å². The van der Waals surface area contributed by atoms with Gasteiger partial charge in [-0.2, -0.15) is 0 Å². The first kappa shape index (κ1) is 23.7. The van der Waals surface area contributed by atoms with Gasteiger partial charge < -0.3 is 15.4 Å². The maximum atomic E-state index is 12.6. The molecular weight excluding hydrogens is 344 g/mol. The van der Waals surface area contributed by atoms with Crippen LogP contribution in [-0.4, -0.2) is 41.3 Å². The number of rotatable bonds is 9. The SMILES string of the molecule is CC(C)C[C@H](NC(=O)CCl)C(=O)N[C@@H](CC(C)C)C(=O)OC(C)(C)C. The lowest BCUT2D eigenvalue weighted by Gasteiger charge is -2.27. The molecular formula is C18H33ClN2O4. The average molecular weight is 377 g/mol. The van der Waals surface area contributed by atoms with Crippen molar-refractivity contribution in [3.8, 4) is 0 Å². The Labute approximate surface area is 156 Å². The van der Waals surface area contributed by atoms with Crippen molar-refractivity contribution in [1.82, 2.24) is 10.6 Å². The zero-order chi connectivity index (χ0) is 19.8. The van der Waals surface area contributed by atoms with Gasteiger partial charge in [-0.25, -0.2) is 4.79 Å². The van der Waals surface area contributed by atoms with Crippen LogP contribution in [0.4, 0.5) is 0 Å². The first-order valence-electron chi connectivity index (χ1n) is 8.74. The highest BCUT2D eigenvalue weighted by Gasteiger charge is 2.30. The summed E-state index contributed by atoms with van der Waals surface area (Å²) in [5.41, 5.74) is -0.638. The molecule has 0 aromatic heterocycles. The number of ether oxygens (including phenoxy) is 1. The van der Waals surface area contributed by atoms with Gasteiger partial charge in [0.1, 0.15) is 23.6 Å². The van der Waals surface area contributed by atoms with Crippen molar-refractivity contribution >= 4 is 29.4 Å². The smallest absolute Gasteiger partial charge is 0.329 e. The number of carbonyl (C=O) groups excluding carboxylic acids is 3. The molecule has 0 heterocycles. The second-order valence-electron chi connectivity index (χ2n) is 8.11. The monoisotopic (exact) mass is 376 g/mol. The average Bonchev–Trinajstić information content (AvgIpc) is 2.42. The molecule has 2 N–H and O–H groups in total. The van der Waals surface area contributed by atoms with E-state index in [1.54, 1.807) is 20.8 Å². The van der Waals surface area contributed by atoms with Gasteiger partial charge in [0, 0.05) is 0 Å². The lowest BCUT2D eigenvalue weighted by molar-refractivity contribution is -0.159. The summed E-state index contributed by atoms with van der Waals surface area (Å²) in [6, 6.07) is -1.49. The predicted octanol–water partition coefficient (Wildman–Crippen LogP) is 2.63. The van der Waals surface area contributed by atoms with Crippen LogP contribution in [0, 0.1) is 11.8 Å².